The van der Waals surface area contributed by atoms with E-state index in [4.69, 9.17) is 4.74 Å². The van der Waals surface area contributed by atoms with Gasteiger partial charge in [-0.1, -0.05) is 24.3 Å². The van der Waals surface area contributed by atoms with Gasteiger partial charge in [0, 0.05) is 24.7 Å². The molecule has 1 N–H and O–H groups in total. The molecule has 0 unspecified atom stereocenters. The zero-order valence-corrected chi connectivity index (χ0v) is 16.7. The summed E-state index contributed by atoms with van der Waals surface area (Å²) in [6, 6.07) is 12.1. The van der Waals surface area contributed by atoms with Crippen LogP contribution in [0.3, 0.4) is 0 Å². The number of nitrogens with one attached hydrogen (secondary N) is 1. The van der Waals surface area contributed by atoms with Gasteiger partial charge in [0.15, 0.2) is 0 Å². The molecule has 2 aromatic rings. The number of anilines is 1. The van der Waals surface area contributed by atoms with Crippen LogP contribution in [0.2, 0.25) is 0 Å². The monoisotopic (exact) mass is 414 g/mol. The number of benzene rings is 2. The fourth-order valence-corrected chi connectivity index (χ4v) is 6.09. The van der Waals surface area contributed by atoms with Gasteiger partial charge >= 0.3 is 0 Å². The molecule has 5 rings (SSSR count). The zero-order valence-electron chi connectivity index (χ0n) is 15.9. The Balaban J connectivity index is 1.44. The molecule has 29 heavy (non-hydrogen) atoms. The van der Waals surface area contributed by atoms with Crippen molar-refractivity contribution in [2.24, 2.45) is 5.92 Å². The van der Waals surface area contributed by atoms with Crippen LogP contribution in [0.25, 0.3) is 0 Å². The van der Waals surface area contributed by atoms with Gasteiger partial charge in [-0.15, -0.1) is 0 Å². The Morgan fingerprint density at radius 3 is 2.59 bits per heavy atom. The maximum atomic E-state index is 13.8. The van der Waals surface area contributed by atoms with E-state index in [9.17, 15) is 12.8 Å². The van der Waals surface area contributed by atoms with E-state index in [0.717, 1.165) is 23.2 Å². The molecule has 1 aliphatic carbocycles. The van der Waals surface area contributed by atoms with Crippen LogP contribution in [0.4, 0.5) is 10.1 Å². The SMILES string of the molecule is O=S(=O)(c1ccc([C@H]2Nc3ccc(F)cc3[C@H]3C=CC[C@@H]32)cc1)N1CCOCC1. The maximum absolute atomic E-state index is 13.8. The molecular formula is C22H23FN2O3S. The van der Waals surface area contributed by atoms with Crippen molar-refractivity contribution >= 4 is 15.7 Å². The molecule has 0 bridgehead atoms. The number of halogens is 1. The van der Waals surface area contributed by atoms with Gasteiger partial charge in [-0.05, 0) is 53.8 Å². The minimum absolute atomic E-state index is 0.0492. The molecular weight excluding hydrogens is 391 g/mol. The largest absolute Gasteiger partial charge is 0.379 e. The molecule has 152 valence electrons. The number of allylic oxidation sites excluding steroid dienone is 2. The second-order valence-corrected chi connectivity index (χ2v) is 9.73. The van der Waals surface area contributed by atoms with Gasteiger partial charge in [-0.3, -0.25) is 0 Å². The van der Waals surface area contributed by atoms with Crippen LogP contribution in [-0.2, 0) is 14.8 Å². The summed E-state index contributed by atoms with van der Waals surface area (Å²) in [7, 11) is -3.50. The topological polar surface area (TPSA) is 58.6 Å². The highest BCUT2D eigenvalue weighted by Gasteiger charge is 2.38. The Hall–Kier alpha value is -2.22. The zero-order chi connectivity index (χ0) is 20.0. The number of hydrogen-bond donors (Lipinski definition) is 1. The third-order valence-corrected chi connectivity index (χ3v) is 8.08. The van der Waals surface area contributed by atoms with Gasteiger partial charge < -0.3 is 10.1 Å². The molecule has 2 heterocycles. The number of ether oxygens (including phenoxy) is 1. The maximum Gasteiger partial charge on any atom is 0.243 e. The summed E-state index contributed by atoms with van der Waals surface area (Å²) in [4.78, 5) is 0.308. The van der Waals surface area contributed by atoms with Gasteiger partial charge in [-0.25, -0.2) is 12.8 Å². The Kier molecular flexibility index (Phi) is 4.69. The first-order valence-electron chi connectivity index (χ1n) is 9.94. The molecule has 3 atom stereocenters. The lowest BCUT2D eigenvalue weighted by atomic mass is 9.77. The van der Waals surface area contributed by atoms with Crippen LogP contribution in [0.15, 0.2) is 59.5 Å². The first-order chi connectivity index (χ1) is 14.0. The summed E-state index contributed by atoms with van der Waals surface area (Å²) in [6.07, 6.45) is 5.22. The minimum Gasteiger partial charge on any atom is -0.379 e. The smallest absolute Gasteiger partial charge is 0.243 e. The van der Waals surface area contributed by atoms with Crippen molar-refractivity contribution in [2.45, 2.75) is 23.3 Å². The van der Waals surface area contributed by atoms with Crippen molar-refractivity contribution in [1.82, 2.24) is 4.31 Å². The molecule has 2 aliphatic heterocycles. The number of fused-ring (bicyclic) bond motifs is 3. The van der Waals surface area contributed by atoms with Crippen LogP contribution < -0.4 is 5.32 Å². The number of nitrogens with zero attached hydrogens (tertiary/aromatic N) is 1. The van der Waals surface area contributed by atoms with Crippen LogP contribution in [0.1, 0.15) is 29.5 Å². The van der Waals surface area contributed by atoms with Crippen LogP contribution >= 0.6 is 0 Å². The molecule has 1 fully saturated rings. The van der Waals surface area contributed by atoms with Gasteiger partial charge in [-0.2, -0.15) is 4.31 Å². The van der Waals surface area contributed by atoms with Gasteiger partial charge in [0.2, 0.25) is 10.0 Å². The summed E-state index contributed by atoms with van der Waals surface area (Å²) in [5, 5.41) is 3.55. The van der Waals surface area contributed by atoms with E-state index in [2.05, 4.69) is 17.5 Å². The summed E-state index contributed by atoms with van der Waals surface area (Å²) < 4.78 is 46.2. The Labute approximate surface area is 170 Å². The molecule has 2 aromatic carbocycles. The van der Waals surface area contributed by atoms with Crippen molar-refractivity contribution in [2.75, 3.05) is 31.6 Å². The minimum atomic E-state index is -3.50. The number of hydrogen-bond acceptors (Lipinski definition) is 4. The normalized spacial score (nSPS) is 26.6. The summed E-state index contributed by atoms with van der Waals surface area (Å²) in [5.74, 6) is 0.232. The van der Waals surface area contributed by atoms with E-state index in [1.165, 1.54) is 10.4 Å². The van der Waals surface area contributed by atoms with Gasteiger partial charge in [0.05, 0.1) is 24.2 Å². The Bertz CT molecular complexity index is 1050. The molecule has 0 saturated carbocycles. The fourth-order valence-electron chi connectivity index (χ4n) is 4.68. The first kappa shape index (κ1) is 18.8. The number of sulfonamides is 1. The van der Waals surface area contributed by atoms with Gasteiger partial charge in [0.1, 0.15) is 5.82 Å². The Morgan fingerprint density at radius 1 is 1.07 bits per heavy atom. The average Bonchev–Trinajstić information content (AvgIpc) is 3.24. The third-order valence-electron chi connectivity index (χ3n) is 6.17. The molecule has 1 saturated heterocycles. The van der Waals surface area contributed by atoms with Crippen LogP contribution in [-0.4, -0.2) is 39.0 Å². The van der Waals surface area contributed by atoms with Crippen molar-refractivity contribution in [3.63, 3.8) is 0 Å². The van der Waals surface area contributed by atoms with E-state index >= 15 is 0 Å². The molecule has 0 spiro atoms. The standard InChI is InChI=1S/C22H23FN2O3S/c23-16-6-9-21-20(14-16)18-2-1-3-19(18)22(24-21)15-4-7-17(8-5-15)29(26,27)25-10-12-28-13-11-25/h1-2,4-9,14,18-19,22,24H,3,10-13H2/t18-,19-,22+/m0/s1. The molecule has 7 heteroatoms. The van der Waals surface area contributed by atoms with Crippen molar-refractivity contribution < 1.29 is 17.5 Å². The average molecular weight is 415 g/mol. The Morgan fingerprint density at radius 2 is 1.83 bits per heavy atom. The van der Waals surface area contributed by atoms with Crippen LogP contribution in [0, 0.1) is 11.7 Å². The lowest BCUT2D eigenvalue weighted by Gasteiger charge is -2.37. The predicted octanol–water partition coefficient (Wildman–Crippen LogP) is 3.67. The lowest BCUT2D eigenvalue weighted by Crippen LogP contribution is -2.40. The number of morpholine rings is 1. The van der Waals surface area contributed by atoms with E-state index in [1.807, 2.05) is 12.1 Å². The van der Waals surface area contributed by atoms with E-state index in [0.29, 0.717) is 31.2 Å². The molecule has 0 aromatic heterocycles. The van der Waals surface area contributed by atoms with Gasteiger partial charge in [0.25, 0.3) is 0 Å². The second-order valence-electron chi connectivity index (χ2n) is 7.79. The fraction of sp³-hybridized carbons (Fsp3) is 0.364. The highest BCUT2D eigenvalue weighted by Crippen LogP contribution is 2.49. The van der Waals surface area contributed by atoms with Crippen molar-refractivity contribution in [1.29, 1.82) is 0 Å². The summed E-state index contributed by atoms with van der Waals surface area (Å²) in [5.41, 5.74) is 2.97. The van der Waals surface area contributed by atoms with E-state index < -0.39 is 10.0 Å². The molecule has 3 aliphatic rings. The second kappa shape index (κ2) is 7.23. The third kappa shape index (κ3) is 3.27. The van der Waals surface area contributed by atoms with E-state index in [-0.39, 0.29) is 23.7 Å². The lowest BCUT2D eigenvalue weighted by molar-refractivity contribution is 0.0730. The first-order valence-corrected chi connectivity index (χ1v) is 11.4. The molecule has 0 radical (unpaired) electrons. The van der Waals surface area contributed by atoms with Crippen molar-refractivity contribution in [3.05, 3.63) is 71.6 Å². The summed E-state index contributed by atoms with van der Waals surface area (Å²) >= 11 is 0. The predicted molar refractivity (Wildman–Crippen MR) is 109 cm³/mol. The quantitative estimate of drug-likeness (QED) is 0.779. The van der Waals surface area contributed by atoms with E-state index in [1.54, 1.807) is 24.3 Å². The molecule has 5 nitrogen and oxygen atoms in total. The number of rotatable bonds is 3. The molecule has 0 amide bonds. The van der Waals surface area contributed by atoms with Crippen molar-refractivity contribution in [3.8, 4) is 0 Å². The van der Waals surface area contributed by atoms with Crippen LogP contribution in [0.5, 0.6) is 0 Å². The highest BCUT2D eigenvalue weighted by molar-refractivity contribution is 7.89. The summed E-state index contributed by atoms with van der Waals surface area (Å²) in [6.45, 7) is 1.63. The highest BCUT2D eigenvalue weighted by atomic mass is 32.2.